The lowest BCUT2D eigenvalue weighted by atomic mass is 9.66. The van der Waals surface area contributed by atoms with Crippen LogP contribution in [0.3, 0.4) is 0 Å². The zero-order valence-electron chi connectivity index (χ0n) is 83.6. The second-order valence-corrected chi connectivity index (χ2v) is 40.3. The first-order valence-electron chi connectivity index (χ1n) is 51.7. The molecule has 3 unspecified atom stereocenters. The number of anilines is 9. The Kier molecular flexibility index (Phi) is 23.4. The molecule has 23 aromatic carbocycles. The van der Waals surface area contributed by atoms with Crippen LogP contribution in [0.15, 0.2) is 570 Å². The summed E-state index contributed by atoms with van der Waals surface area (Å²) in [6, 6.07) is 209. The largest absolute Gasteiger partial charge is 0.310 e. The van der Waals surface area contributed by atoms with Crippen LogP contribution in [0.2, 0.25) is 0 Å². The van der Waals surface area contributed by atoms with Crippen LogP contribution in [0, 0.1) is 6.92 Å². The van der Waals surface area contributed by atoms with Gasteiger partial charge in [0.05, 0.1) is 22.5 Å². The summed E-state index contributed by atoms with van der Waals surface area (Å²) in [6.45, 7) is 11.7. The van der Waals surface area contributed by atoms with Crippen molar-refractivity contribution in [2.24, 2.45) is 0 Å². The number of aryl methyl sites for hydroxylation is 1. The van der Waals surface area contributed by atoms with Crippen molar-refractivity contribution < 1.29 is 0 Å². The van der Waals surface area contributed by atoms with Crippen LogP contribution >= 0.6 is 0 Å². The van der Waals surface area contributed by atoms with E-state index in [2.05, 4.69) is 620 Å². The maximum Gasteiger partial charge on any atom is 0.0719 e. The van der Waals surface area contributed by atoms with Crippen molar-refractivity contribution in [2.75, 3.05) is 14.7 Å². The Hall–Kier alpha value is -18.3. The van der Waals surface area contributed by atoms with E-state index < -0.39 is 5.41 Å². The highest BCUT2D eigenvalue weighted by atomic mass is 15.2. The van der Waals surface area contributed by atoms with Gasteiger partial charge in [-0.3, -0.25) is 0 Å². The zero-order valence-corrected chi connectivity index (χ0v) is 83.6. The van der Waals surface area contributed by atoms with Gasteiger partial charge in [-0.05, 0) is 278 Å². The molecule has 0 N–H and O–H groups in total. The van der Waals surface area contributed by atoms with Crippen LogP contribution in [0.5, 0.6) is 0 Å². The molecule has 148 heavy (non-hydrogen) atoms. The van der Waals surface area contributed by atoms with Crippen LogP contribution < -0.4 is 14.7 Å². The molecule has 4 aliphatic carbocycles. The van der Waals surface area contributed by atoms with Crippen LogP contribution in [0.4, 0.5) is 51.2 Å². The molecular formula is C145H109N3. The molecule has 0 aliphatic heterocycles. The van der Waals surface area contributed by atoms with Gasteiger partial charge in [0.2, 0.25) is 0 Å². The van der Waals surface area contributed by atoms with Gasteiger partial charge in [0.1, 0.15) is 0 Å². The topological polar surface area (TPSA) is 9.72 Å². The van der Waals surface area contributed by atoms with E-state index in [9.17, 15) is 0 Å². The number of hydrogen-bond donors (Lipinski definition) is 0. The van der Waals surface area contributed by atoms with E-state index in [-0.39, 0.29) is 16.2 Å². The summed E-state index contributed by atoms with van der Waals surface area (Å²) in [5.74, 6) is 0. The van der Waals surface area contributed by atoms with E-state index >= 15 is 0 Å². The van der Waals surface area contributed by atoms with Gasteiger partial charge in [0.15, 0.2) is 0 Å². The Bertz CT molecular complexity index is 8750. The second kappa shape index (κ2) is 38.1. The molecule has 3 nitrogen and oxygen atoms in total. The van der Waals surface area contributed by atoms with E-state index in [1.807, 2.05) is 0 Å². The molecule has 3 atom stereocenters. The molecule has 0 radical (unpaired) electrons. The molecule has 0 bridgehead atoms. The molecule has 0 heterocycles. The van der Waals surface area contributed by atoms with E-state index in [1.54, 1.807) is 0 Å². The van der Waals surface area contributed by atoms with Crippen molar-refractivity contribution in [3.63, 3.8) is 0 Å². The van der Waals surface area contributed by atoms with Crippen molar-refractivity contribution in [1.82, 2.24) is 0 Å². The fraction of sp³-hybridized carbons (Fsp3) is 0.0621. The molecule has 0 saturated heterocycles. The fourth-order valence-corrected chi connectivity index (χ4v) is 24.5. The fourth-order valence-electron chi connectivity index (χ4n) is 24.5. The Labute approximate surface area is 869 Å². The molecule has 0 aromatic heterocycles. The van der Waals surface area contributed by atoms with Crippen LogP contribution in [-0.2, 0) is 21.7 Å². The standard InChI is InChI=1S/C53H37N.C47H37N.C45H35N/c1-4-17-38(18-5-1)39-31-33-43(34-32-39)54(52-30-15-13-26-46(52)41-19-6-2-7-20-41)44-35-36-51-48(37-44)47-27-12-14-28-50(47)53(51,42-23-8-3-9-24-42)49-29-16-22-40-21-10-11-25-45(40)49;1-46(2)40-21-12-10-19-37(40)38-30-29-36(31-43(38)46)48(35-27-25-33(26-28-35)32-15-6-4-7-16-32)44-24-14-23-42-45(44)39-20-11-13-22-41(39)47(42,3)34-17-8-5-9-18-34;1-32-20-26-37(27-21-32)45(2)42-18-10-9-16-40(42)41-17-11-19-43(44(41)45)46(38-28-22-35(23-29-38)33-12-5-3-6-13-33)39-30-24-36(25-31-39)34-14-7-4-8-15-34/h1-37H;4-31H,1-3H3;3-31H,1-2H3. The smallest absolute Gasteiger partial charge is 0.0719 e. The zero-order chi connectivity index (χ0) is 99.4. The SMILES string of the molecule is CC1(C)c2ccccc2-c2ccc(N(c3ccc(-c4ccccc4)cc3)c3cccc4c3-c3ccccc3C4(C)c3ccccc3)cc21.Cc1ccc(C2(C)c3ccccc3-c3cccc(N(c4ccc(-c5ccccc5)cc4)c4ccc(-c5ccccc5)cc4)c32)cc1.c1ccc(-c2ccc(N(c3ccc4c(c3)-c3ccccc3C4(c3ccccc3)c3cccc4ccccc34)c3ccccc3-c3ccccc3)cc2)cc1. The van der Waals surface area contributed by atoms with Crippen molar-refractivity contribution in [1.29, 1.82) is 0 Å². The number of benzene rings is 23. The van der Waals surface area contributed by atoms with Crippen LogP contribution in [0.1, 0.15) is 100 Å². The predicted octanol–water partition coefficient (Wildman–Crippen LogP) is 38.6. The van der Waals surface area contributed by atoms with E-state index in [0.29, 0.717) is 0 Å². The third-order valence-corrected chi connectivity index (χ3v) is 31.7. The third kappa shape index (κ3) is 15.7. The third-order valence-electron chi connectivity index (χ3n) is 31.7. The number of rotatable bonds is 18. The maximum atomic E-state index is 2.49. The highest BCUT2D eigenvalue weighted by molar-refractivity contribution is 6.01. The highest BCUT2D eigenvalue weighted by Crippen LogP contribution is 2.63. The minimum absolute atomic E-state index is 0.0953. The lowest BCUT2D eigenvalue weighted by Gasteiger charge is -2.35. The molecule has 3 heteroatoms. The van der Waals surface area contributed by atoms with E-state index in [1.165, 1.54) is 200 Å². The Balaban J connectivity index is 0.000000116. The number of para-hydroxylation sites is 1. The normalized spacial score (nSPS) is 15.2. The first kappa shape index (κ1) is 91.0. The van der Waals surface area contributed by atoms with E-state index in [0.717, 1.165) is 34.1 Å². The lowest BCUT2D eigenvalue weighted by molar-refractivity contribution is 0.660. The average molecular weight is 1890 g/mol. The highest BCUT2D eigenvalue weighted by Gasteiger charge is 2.49. The summed E-state index contributed by atoms with van der Waals surface area (Å²) in [5.41, 5.74) is 48.7. The molecule has 0 fully saturated rings. The summed E-state index contributed by atoms with van der Waals surface area (Å²) in [5, 5.41) is 2.52. The maximum absolute atomic E-state index is 2.49. The molecule has 0 saturated carbocycles. The van der Waals surface area contributed by atoms with Gasteiger partial charge >= 0.3 is 0 Å². The minimum atomic E-state index is -0.503. The summed E-state index contributed by atoms with van der Waals surface area (Å²) < 4.78 is 0. The molecule has 0 spiro atoms. The van der Waals surface area contributed by atoms with Crippen LogP contribution in [-0.4, -0.2) is 0 Å². The molecule has 704 valence electrons. The lowest BCUT2D eigenvalue weighted by Crippen LogP contribution is -2.29. The number of hydrogen-bond acceptors (Lipinski definition) is 3. The summed E-state index contributed by atoms with van der Waals surface area (Å²) in [6.07, 6.45) is 0. The average Bonchev–Trinajstić information content (AvgIpc) is 1.48. The quantitative estimate of drug-likeness (QED) is 0.0848. The first-order valence-corrected chi connectivity index (χ1v) is 51.7. The van der Waals surface area contributed by atoms with E-state index in [4.69, 9.17) is 0 Å². The minimum Gasteiger partial charge on any atom is -0.310 e. The molecule has 27 rings (SSSR count). The Morgan fingerprint density at radius 1 is 0.169 bits per heavy atom. The van der Waals surface area contributed by atoms with Gasteiger partial charge in [-0.2, -0.15) is 0 Å². The van der Waals surface area contributed by atoms with Crippen molar-refractivity contribution in [3.8, 4) is 100 Å². The van der Waals surface area contributed by atoms with Crippen molar-refractivity contribution >= 4 is 62.0 Å². The molecule has 23 aromatic rings. The van der Waals surface area contributed by atoms with Crippen molar-refractivity contribution in [2.45, 2.75) is 56.3 Å². The molecule has 4 aliphatic rings. The molecular weight excluding hydrogens is 1780 g/mol. The summed E-state index contributed by atoms with van der Waals surface area (Å²) in [4.78, 5) is 7.36. The number of nitrogens with zero attached hydrogens (tertiary/aromatic N) is 3. The van der Waals surface area contributed by atoms with Gasteiger partial charge in [-0.25, -0.2) is 0 Å². The second-order valence-electron chi connectivity index (χ2n) is 40.3. The summed E-state index contributed by atoms with van der Waals surface area (Å²) in [7, 11) is 0. The predicted molar refractivity (Wildman–Crippen MR) is 623 cm³/mol. The van der Waals surface area contributed by atoms with Crippen LogP contribution in [0.25, 0.3) is 111 Å². The monoisotopic (exact) mass is 1890 g/mol. The van der Waals surface area contributed by atoms with Gasteiger partial charge in [-0.1, -0.05) is 499 Å². The van der Waals surface area contributed by atoms with Gasteiger partial charge in [-0.15, -0.1) is 0 Å². The van der Waals surface area contributed by atoms with Crippen molar-refractivity contribution in [3.05, 3.63) is 643 Å². The Morgan fingerprint density at radius 2 is 0.493 bits per heavy atom. The summed E-state index contributed by atoms with van der Waals surface area (Å²) >= 11 is 0. The number of fused-ring (bicyclic) bond motifs is 13. The van der Waals surface area contributed by atoms with Gasteiger partial charge in [0, 0.05) is 61.5 Å². The van der Waals surface area contributed by atoms with Gasteiger partial charge in [0.25, 0.3) is 0 Å². The molecule has 0 amide bonds. The Morgan fingerprint density at radius 3 is 1.03 bits per heavy atom. The van der Waals surface area contributed by atoms with Gasteiger partial charge < -0.3 is 14.7 Å². The first-order chi connectivity index (χ1) is 72.9.